The Hall–Kier alpha value is -2.04. The summed E-state index contributed by atoms with van der Waals surface area (Å²) in [6.07, 6.45) is 3.33. The van der Waals surface area contributed by atoms with E-state index >= 15 is 0 Å². The second-order valence-electron chi connectivity index (χ2n) is 5.74. The highest BCUT2D eigenvalue weighted by atomic mass is 16.5. The van der Waals surface area contributed by atoms with E-state index < -0.39 is 5.41 Å². The van der Waals surface area contributed by atoms with Crippen LogP contribution in [0.4, 0.5) is 5.69 Å². The first kappa shape index (κ1) is 13.9. The monoisotopic (exact) mass is 288 g/mol. The number of benzene rings is 1. The minimum absolute atomic E-state index is 0.117. The number of hydrogen-bond acceptors (Lipinski definition) is 3. The molecule has 1 aromatic carbocycles. The van der Waals surface area contributed by atoms with E-state index in [2.05, 4.69) is 10.6 Å². The number of ether oxygens (including phenoxy) is 1. The summed E-state index contributed by atoms with van der Waals surface area (Å²) in [6.45, 7) is 2.53. The lowest BCUT2D eigenvalue weighted by Gasteiger charge is -2.15. The molecule has 0 unspecified atom stereocenters. The van der Waals surface area contributed by atoms with Gasteiger partial charge >= 0.3 is 0 Å². The number of carbonyl (C=O) groups excluding carboxylic acids is 2. The maximum absolute atomic E-state index is 12.3. The predicted molar refractivity (Wildman–Crippen MR) is 79.1 cm³/mol. The molecule has 1 aromatic rings. The largest absolute Gasteiger partial charge is 0.494 e. The van der Waals surface area contributed by atoms with Crippen molar-refractivity contribution in [3.8, 4) is 5.75 Å². The first-order valence-electron chi connectivity index (χ1n) is 7.49. The van der Waals surface area contributed by atoms with Crippen molar-refractivity contribution in [1.29, 1.82) is 0 Å². The average molecular weight is 288 g/mol. The molecular formula is C16H20N2O3. The summed E-state index contributed by atoms with van der Waals surface area (Å²) >= 11 is 0. The van der Waals surface area contributed by atoms with Gasteiger partial charge in [0, 0.05) is 11.7 Å². The molecule has 0 atom stereocenters. The van der Waals surface area contributed by atoms with E-state index in [1.165, 1.54) is 0 Å². The molecular weight excluding hydrogens is 268 g/mol. The molecule has 21 heavy (non-hydrogen) atoms. The van der Waals surface area contributed by atoms with E-state index in [0.717, 1.165) is 18.6 Å². The zero-order valence-corrected chi connectivity index (χ0v) is 12.1. The zero-order valence-electron chi connectivity index (χ0n) is 12.1. The Labute approximate surface area is 124 Å². The smallest absolute Gasteiger partial charge is 0.240 e. The van der Waals surface area contributed by atoms with Gasteiger partial charge in [-0.05, 0) is 56.9 Å². The molecule has 0 radical (unpaired) electrons. The van der Waals surface area contributed by atoms with Crippen LogP contribution in [0.1, 0.15) is 32.6 Å². The quantitative estimate of drug-likeness (QED) is 0.788. The van der Waals surface area contributed by atoms with Crippen LogP contribution in [-0.4, -0.2) is 24.5 Å². The van der Waals surface area contributed by atoms with Gasteiger partial charge in [-0.1, -0.05) is 0 Å². The lowest BCUT2D eigenvalue weighted by Crippen LogP contribution is -2.40. The molecule has 112 valence electrons. The average Bonchev–Trinajstić information content (AvgIpc) is 3.35. The SMILES string of the molecule is CCOc1ccc(NC(=O)C2(C(=O)NC3CC3)CC2)cc1. The van der Waals surface area contributed by atoms with Crippen LogP contribution in [0, 0.1) is 5.41 Å². The Bertz CT molecular complexity index is 545. The fourth-order valence-corrected chi connectivity index (χ4v) is 2.29. The molecule has 2 aliphatic carbocycles. The summed E-state index contributed by atoms with van der Waals surface area (Å²) in [6, 6.07) is 7.48. The highest BCUT2D eigenvalue weighted by Gasteiger charge is 2.57. The van der Waals surface area contributed by atoms with Gasteiger partial charge in [0.1, 0.15) is 11.2 Å². The highest BCUT2D eigenvalue weighted by Crippen LogP contribution is 2.47. The third kappa shape index (κ3) is 3.01. The summed E-state index contributed by atoms with van der Waals surface area (Å²) in [5.74, 6) is 0.446. The fraction of sp³-hybridized carbons (Fsp3) is 0.500. The van der Waals surface area contributed by atoms with Crippen LogP contribution in [0.5, 0.6) is 5.75 Å². The van der Waals surface area contributed by atoms with E-state index in [-0.39, 0.29) is 17.9 Å². The molecule has 0 aromatic heterocycles. The van der Waals surface area contributed by atoms with Crippen molar-refractivity contribution in [2.24, 2.45) is 5.41 Å². The van der Waals surface area contributed by atoms with Gasteiger partial charge in [-0.25, -0.2) is 0 Å². The molecule has 3 rings (SSSR count). The molecule has 0 heterocycles. The van der Waals surface area contributed by atoms with E-state index in [1.54, 1.807) is 12.1 Å². The van der Waals surface area contributed by atoms with Gasteiger partial charge in [0.05, 0.1) is 6.61 Å². The maximum Gasteiger partial charge on any atom is 0.240 e. The topological polar surface area (TPSA) is 67.4 Å². The first-order valence-corrected chi connectivity index (χ1v) is 7.49. The standard InChI is InChI=1S/C16H20N2O3/c1-2-21-13-7-5-12(6-8-13)18-15(20)16(9-10-16)14(19)17-11-3-4-11/h5-8,11H,2-4,9-10H2,1H3,(H,17,19)(H,18,20). The summed E-state index contributed by atoms with van der Waals surface area (Å²) in [5, 5.41) is 5.76. The van der Waals surface area contributed by atoms with Gasteiger partial charge in [0.15, 0.2) is 0 Å². The molecule has 0 bridgehead atoms. The van der Waals surface area contributed by atoms with Crippen molar-refractivity contribution in [1.82, 2.24) is 5.32 Å². The van der Waals surface area contributed by atoms with Gasteiger partial charge in [-0.2, -0.15) is 0 Å². The number of carbonyl (C=O) groups is 2. The molecule has 2 N–H and O–H groups in total. The number of hydrogen-bond donors (Lipinski definition) is 2. The van der Waals surface area contributed by atoms with Gasteiger partial charge in [-0.15, -0.1) is 0 Å². The maximum atomic E-state index is 12.3. The van der Waals surface area contributed by atoms with Gasteiger partial charge < -0.3 is 15.4 Å². The first-order chi connectivity index (χ1) is 10.1. The highest BCUT2D eigenvalue weighted by molar-refractivity contribution is 6.13. The summed E-state index contributed by atoms with van der Waals surface area (Å²) in [5.41, 5.74) is -0.157. The van der Waals surface area contributed by atoms with Gasteiger partial charge in [0.2, 0.25) is 11.8 Å². The Morgan fingerprint density at radius 2 is 1.86 bits per heavy atom. The second kappa shape index (κ2) is 5.39. The van der Waals surface area contributed by atoms with Crippen LogP contribution in [-0.2, 0) is 9.59 Å². The van der Waals surface area contributed by atoms with Crippen LogP contribution >= 0.6 is 0 Å². The van der Waals surface area contributed by atoms with Crippen LogP contribution in [0.15, 0.2) is 24.3 Å². The zero-order chi connectivity index (χ0) is 14.9. The molecule has 2 saturated carbocycles. The molecule has 5 nitrogen and oxygen atoms in total. The molecule has 2 fully saturated rings. The van der Waals surface area contributed by atoms with Crippen molar-refractivity contribution < 1.29 is 14.3 Å². The molecule has 0 saturated heterocycles. The van der Waals surface area contributed by atoms with Crippen molar-refractivity contribution >= 4 is 17.5 Å². The molecule has 2 amide bonds. The van der Waals surface area contributed by atoms with Crippen molar-refractivity contribution in [2.75, 3.05) is 11.9 Å². The number of nitrogens with one attached hydrogen (secondary N) is 2. The number of amides is 2. The Morgan fingerprint density at radius 3 is 2.38 bits per heavy atom. The number of rotatable bonds is 6. The van der Waals surface area contributed by atoms with Crippen LogP contribution in [0.3, 0.4) is 0 Å². The van der Waals surface area contributed by atoms with E-state index in [4.69, 9.17) is 4.74 Å². The third-order valence-electron chi connectivity index (χ3n) is 3.96. The van der Waals surface area contributed by atoms with Crippen molar-refractivity contribution in [2.45, 2.75) is 38.6 Å². The van der Waals surface area contributed by atoms with Gasteiger partial charge in [0.25, 0.3) is 0 Å². The van der Waals surface area contributed by atoms with Crippen LogP contribution in [0.2, 0.25) is 0 Å². The fourth-order valence-electron chi connectivity index (χ4n) is 2.29. The van der Waals surface area contributed by atoms with E-state index in [9.17, 15) is 9.59 Å². The van der Waals surface area contributed by atoms with Crippen molar-refractivity contribution in [3.05, 3.63) is 24.3 Å². The van der Waals surface area contributed by atoms with Crippen LogP contribution < -0.4 is 15.4 Å². The molecule has 0 spiro atoms. The van der Waals surface area contributed by atoms with Crippen molar-refractivity contribution in [3.63, 3.8) is 0 Å². The minimum atomic E-state index is -0.846. The molecule has 0 aliphatic heterocycles. The Balaban J connectivity index is 1.61. The third-order valence-corrected chi connectivity index (χ3v) is 3.96. The predicted octanol–water partition coefficient (Wildman–Crippen LogP) is 2.08. The lowest BCUT2D eigenvalue weighted by molar-refractivity contribution is -0.134. The van der Waals surface area contributed by atoms with Gasteiger partial charge in [-0.3, -0.25) is 9.59 Å². The Morgan fingerprint density at radius 1 is 1.19 bits per heavy atom. The summed E-state index contributed by atoms with van der Waals surface area (Å²) < 4.78 is 5.36. The Kier molecular flexibility index (Phi) is 3.57. The minimum Gasteiger partial charge on any atom is -0.494 e. The summed E-state index contributed by atoms with van der Waals surface area (Å²) in [4.78, 5) is 24.5. The lowest BCUT2D eigenvalue weighted by atomic mass is 10.0. The summed E-state index contributed by atoms with van der Waals surface area (Å²) in [7, 11) is 0. The second-order valence-corrected chi connectivity index (χ2v) is 5.74. The normalized spacial score (nSPS) is 18.7. The van der Waals surface area contributed by atoms with E-state index in [0.29, 0.717) is 25.1 Å². The van der Waals surface area contributed by atoms with Crippen LogP contribution in [0.25, 0.3) is 0 Å². The number of anilines is 1. The molecule has 5 heteroatoms. The van der Waals surface area contributed by atoms with E-state index in [1.807, 2.05) is 19.1 Å². The molecule has 2 aliphatic rings.